The van der Waals surface area contributed by atoms with Crippen LogP contribution in [0.25, 0.3) is 0 Å². The molecular formula is C13H21ClN2O2. The molecule has 0 aromatic heterocycles. The van der Waals surface area contributed by atoms with E-state index in [0.717, 1.165) is 6.42 Å². The molecule has 0 aliphatic rings. The third-order valence-corrected chi connectivity index (χ3v) is 2.62. The van der Waals surface area contributed by atoms with Crippen molar-refractivity contribution >= 4 is 18.3 Å². The summed E-state index contributed by atoms with van der Waals surface area (Å²) < 4.78 is 4.87. The number of rotatable bonds is 6. The second-order valence-electron chi connectivity index (χ2n) is 4.06. The molecule has 5 heteroatoms. The number of hydrogen-bond donors (Lipinski definition) is 1. The largest absolute Gasteiger partial charge is 0.383 e. The molecule has 0 radical (unpaired) electrons. The smallest absolute Gasteiger partial charge is 0.241 e. The predicted octanol–water partition coefficient (Wildman–Crippen LogP) is 1.08. The van der Waals surface area contributed by atoms with Crippen LogP contribution in [0, 0.1) is 0 Å². The highest BCUT2D eigenvalue weighted by molar-refractivity contribution is 5.85. The summed E-state index contributed by atoms with van der Waals surface area (Å²) in [5.41, 5.74) is 6.90. The maximum absolute atomic E-state index is 11.8. The summed E-state index contributed by atoms with van der Waals surface area (Å²) in [6.07, 6.45) is 0.836. The number of nitrogens with two attached hydrogens (primary N) is 1. The molecule has 0 aliphatic carbocycles. The fourth-order valence-corrected chi connectivity index (χ4v) is 1.59. The minimum Gasteiger partial charge on any atom is -0.383 e. The molecule has 1 aromatic carbocycles. The van der Waals surface area contributed by atoms with Gasteiger partial charge in [-0.2, -0.15) is 0 Å². The monoisotopic (exact) mass is 272 g/mol. The molecule has 18 heavy (non-hydrogen) atoms. The van der Waals surface area contributed by atoms with Crippen LogP contribution in [0.5, 0.6) is 0 Å². The van der Waals surface area contributed by atoms with Gasteiger partial charge >= 0.3 is 0 Å². The number of amides is 1. The van der Waals surface area contributed by atoms with Crippen LogP contribution >= 0.6 is 12.4 Å². The number of ether oxygens (including phenoxy) is 1. The Bertz CT molecular complexity index is 346. The van der Waals surface area contributed by atoms with Gasteiger partial charge in [-0.25, -0.2) is 0 Å². The molecule has 102 valence electrons. The number of methoxy groups -OCH3 is 1. The molecule has 0 fully saturated rings. The molecule has 4 nitrogen and oxygen atoms in total. The van der Waals surface area contributed by atoms with E-state index in [-0.39, 0.29) is 24.9 Å². The molecule has 0 saturated heterocycles. The maximum atomic E-state index is 11.8. The van der Waals surface area contributed by atoms with Crippen LogP contribution in [0.3, 0.4) is 0 Å². The first-order chi connectivity index (χ1) is 8.15. The second-order valence-corrected chi connectivity index (χ2v) is 4.06. The third kappa shape index (κ3) is 5.49. The Hall–Kier alpha value is -1.10. The van der Waals surface area contributed by atoms with Gasteiger partial charge in [-0.1, -0.05) is 30.3 Å². The molecule has 1 aromatic rings. The standard InChI is InChI=1S/C13H20N2O2.ClH/c1-15(13(16)12(14)10-17-2)9-8-11-6-4-3-5-7-11;/h3-7,12H,8-10,14H2,1-2H3;1H. The summed E-state index contributed by atoms with van der Waals surface area (Å²) in [6.45, 7) is 0.925. The SMILES string of the molecule is COCC(N)C(=O)N(C)CCc1ccccc1.Cl. The molecule has 2 N–H and O–H groups in total. The molecule has 0 saturated carbocycles. The van der Waals surface area contributed by atoms with Crippen LogP contribution in [0.15, 0.2) is 30.3 Å². The number of benzene rings is 1. The Morgan fingerprint density at radius 1 is 1.39 bits per heavy atom. The van der Waals surface area contributed by atoms with E-state index in [1.54, 1.807) is 11.9 Å². The normalized spacial score (nSPS) is 11.5. The van der Waals surface area contributed by atoms with Gasteiger partial charge in [-0.3, -0.25) is 4.79 Å². The molecule has 1 atom stereocenters. The molecule has 1 rings (SSSR count). The fraction of sp³-hybridized carbons (Fsp3) is 0.462. The van der Waals surface area contributed by atoms with Crippen molar-refractivity contribution in [2.24, 2.45) is 5.73 Å². The summed E-state index contributed by atoms with van der Waals surface area (Å²) in [6, 6.07) is 9.50. The molecule has 1 amide bonds. The molecule has 0 heterocycles. The number of hydrogen-bond acceptors (Lipinski definition) is 3. The number of carbonyl (C=O) groups is 1. The summed E-state index contributed by atoms with van der Waals surface area (Å²) in [5, 5.41) is 0. The van der Waals surface area contributed by atoms with Gasteiger partial charge in [-0.15, -0.1) is 12.4 Å². The Morgan fingerprint density at radius 3 is 2.56 bits per heavy atom. The first-order valence-corrected chi connectivity index (χ1v) is 5.68. The van der Waals surface area contributed by atoms with E-state index in [2.05, 4.69) is 0 Å². The molecule has 0 aliphatic heterocycles. The van der Waals surface area contributed by atoms with E-state index >= 15 is 0 Å². The average Bonchev–Trinajstić information content (AvgIpc) is 2.36. The van der Waals surface area contributed by atoms with E-state index in [4.69, 9.17) is 10.5 Å². The lowest BCUT2D eigenvalue weighted by Crippen LogP contribution is -2.45. The highest BCUT2D eigenvalue weighted by atomic mass is 35.5. The van der Waals surface area contributed by atoms with Gasteiger partial charge in [0.1, 0.15) is 6.04 Å². The number of carbonyl (C=O) groups excluding carboxylic acids is 1. The van der Waals surface area contributed by atoms with E-state index in [0.29, 0.717) is 6.54 Å². The van der Waals surface area contributed by atoms with E-state index in [1.807, 2.05) is 30.3 Å². The Morgan fingerprint density at radius 2 is 2.00 bits per heavy atom. The third-order valence-electron chi connectivity index (χ3n) is 2.62. The highest BCUT2D eigenvalue weighted by Crippen LogP contribution is 2.01. The zero-order chi connectivity index (χ0) is 12.7. The van der Waals surface area contributed by atoms with E-state index in [1.165, 1.54) is 12.7 Å². The lowest BCUT2D eigenvalue weighted by Gasteiger charge is -2.20. The van der Waals surface area contributed by atoms with Gasteiger partial charge in [0.2, 0.25) is 5.91 Å². The van der Waals surface area contributed by atoms with Gasteiger partial charge < -0.3 is 15.4 Å². The Balaban J connectivity index is 0.00000289. The van der Waals surface area contributed by atoms with Crippen molar-refractivity contribution in [3.05, 3.63) is 35.9 Å². The zero-order valence-electron chi connectivity index (χ0n) is 10.8. The molecular weight excluding hydrogens is 252 g/mol. The molecule has 1 unspecified atom stereocenters. The van der Waals surface area contributed by atoms with Gasteiger partial charge in [0.15, 0.2) is 0 Å². The number of halogens is 1. The topological polar surface area (TPSA) is 55.6 Å². The van der Waals surface area contributed by atoms with E-state index in [9.17, 15) is 4.79 Å². The number of likely N-dealkylation sites (N-methyl/N-ethyl adjacent to an activating group) is 1. The van der Waals surface area contributed by atoms with Crippen molar-refractivity contribution in [1.29, 1.82) is 0 Å². The predicted molar refractivity (Wildman–Crippen MR) is 74.9 cm³/mol. The lowest BCUT2D eigenvalue weighted by atomic mass is 10.1. The molecule has 0 spiro atoms. The van der Waals surface area contributed by atoms with Crippen LogP contribution in [0.4, 0.5) is 0 Å². The minimum absolute atomic E-state index is 0. The van der Waals surface area contributed by atoms with Crippen molar-refractivity contribution in [2.45, 2.75) is 12.5 Å². The maximum Gasteiger partial charge on any atom is 0.241 e. The van der Waals surface area contributed by atoms with Gasteiger partial charge in [0, 0.05) is 20.7 Å². The highest BCUT2D eigenvalue weighted by Gasteiger charge is 2.17. The first kappa shape index (κ1) is 16.9. The number of nitrogens with zero attached hydrogens (tertiary/aromatic N) is 1. The van der Waals surface area contributed by atoms with Crippen molar-refractivity contribution in [3.63, 3.8) is 0 Å². The van der Waals surface area contributed by atoms with Crippen LogP contribution in [0.1, 0.15) is 5.56 Å². The summed E-state index contributed by atoms with van der Waals surface area (Å²) in [5.74, 6) is -0.0808. The van der Waals surface area contributed by atoms with Crippen LogP contribution in [-0.2, 0) is 16.0 Å². The Kier molecular flexibility index (Phi) is 8.37. The van der Waals surface area contributed by atoms with Crippen molar-refractivity contribution in [3.8, 4) is 0 Å². The summed E-state index contributed by atoms with van der Waals surface area (Å²) >= 11 is 0. The van der Waals surface area contributed by atoms with Crippen LogP contribution in [0.2, 0.25) is 0 Å². The first-order valence-electron chi connectivity index (χ1n) is 5.68. The van der Waals surface area contributed by atoms with Gasteiger partial charge in [0.25, 0.3) is 0 Å². The van der Waals surface area contributed by atoms with Gasteiger partial charge in [-0.05, 0) is 12.0 Å². The van der Waals surface area contributed by atoms with Gasteiger partial charge in [0.05, 0.1) is 6.61 Å². The minimum atomic E-state index is -0.569. The van der Waals surface area contributed by atoms with E-state index < -0.39 is 6.04 Å². The van der Waals surface area contributed by atoms with Crippen LogP contribution in [-0.4, -0.2) is 44.2 Å². The summed E-state index contributed by atoms with van der Waals surface area (Å²) in [7, 11) is 3.30. The van der Waals surface area contributed by atoms with Crippen molar-refractivity contribution in [1.82, 2.24) is 4.90 Å². The molecule has 0 bridgehead atoms. The quantitative estimate of drug-likeness (QED) is 0.843. The Labute approximate surface area is 115 Å². The van der Waals surface area contributed by atoms with Crippen LogP contribution < -0.4 is 5.73 Å². The van der Waals surface area contributed by atoms with Crippen molar-refractivity contribution < 1.29 is 9.53 Å². The lowest BCUT2D eigenvalue weighted by molar-refractivity contribution is -0.132. The zero-order valence-corrected chi connectivity index (χ0v) is 11.7. The fourth-order valence-electron chi connectivity index (χ4n) is 1.59. The summed E-state index contributed by atoms with van der Waals surface area (Å²) in [4.78, 5) is 13.4. The second kappa shape index (κ2) is 8.91. The average molecular weight is 273 g/mol. The van der Waals surface area contributed by atoms with Crippen molar-refractivity contribution in [2.75, 3.05) is 27.3 Å².